The molecule has 0 amide bonds. The summed E-state index contributed by atoms with van der Waals surface area (Å²) in [7, 11) is 0. The summed E-state index contributed by atoms with van der Waals surface area (Å²) in [4.78, 5) is 0. The molecule has 1 aromatic rings. The van der Waals surface area contributed by atoms with Crippen molar-refractivity contribution in [3.63, 3.8) is 0 Å². The van der Waals surface area contributed by atoms with Crippen LogP contribution in [0, 0.1) is 17.6 Å². The standard InChI is InChI=1S/C15H21F2N/c1-12(2)11-18-9-5-3-4-6-13-10-14(16)7-8-15(13)17/h3-4,7-8,10,12,18H,5-6,9,11H2,1-2H3. The van der Waals surface area contributed by atoms with E-state index in [9.17, 15) is 8.78 Å². The molecule has 100 valence electrons. The second-order valence-corrected chi connectivity index (χ2v) is 4.80. The average molecular weight is 253 g/mol. The summed E-state index contributed by atoms with van der Waals surface area (Å²) in [5.74, 6) is -0.0900. The molecule has 0 spiro atoms. The first-order chi connectivity index (χ1) is 8.59. The summed E-state index contributed by atoms with van der Waals surface area (Å²) in [6, 6.07) is 3.55. The Bertz CT molecular complexity index is 386. The van der Waals surface area contributed by atoms with Gasteiger partial charge >= 0.3 is 0 Å². The van der Waals surface area contributed by atoms with Crippen LogP contribution >= 0.6 is 0 Å². The van der Waals surface area contributed by atoms with Crippen molar-refractivity contribution in [2.45, 2.75) is 26.7 Å². The van der Waals surface area contributed by atoms with E-state index in [0.29, 0.717) is 17.9 Å². The van der Waals surface area contributed by atoms with Crippen LogP contribution in [-0.2, 0) is 6.42 Å². The summed E-state index contributed by atoms with van der Waals surface area (Å²) < 4.78 is 26.2. The van der Waals surface area contributed by atoms with Crippen LogP contribution < -0.4 is 5.32 Å². The van der Waals surface area contributed by atoms with Crippen LogP contribution in [0.4, 0.5) is 8.78 Å². The third kappa shape index (κ3) is 5.92. The molecular weight excluding hydrogens is 232 g/mol. The third-order valence-electron chi connectivity index (χ3n) is 2.55. The second kappa shape index (κ2) is 7.98. The van der Waals surface area contributed by atoms with E-state index in [1.807, 2.05) is 12.2 Å². The molecule has 3 heteroatoms. The molecule has 1 nitrogen and oxygen atoms in total. The van der Waals surface area contributed by atoms with E-state index in [4.69, 9.17) is 0 Å². The van der Waals surface area contributed by atoms with E-state index in [1.165, 1.54) is 12.1 Å². The molecule has 18 heavy (non-hydrogen) atoms. The molecule has 0 aromatic heterocycles. The molecule has 0 heterocycles. The zero-order valence-corrected chi connectivity index (χ0v) is 11.0. The average Bonchev–Trinajstić information content (AvgIpc) is 2.32. The van der Waals surface area contributed by atoms with Crippen LogP contribution in [0.3, 0.4) is 0 Å². The van der Waals surface area contributed by atoms with Gasteiger partial charge in [0.05, 0.1) is 0 Å². The van der Waals surface area contributed by atoms with Gasteiger partial charge in [-0.05, 0) is 55.6 Å². The minimum Gasteiger partial charge on any atom is -0.316 e. The maximum Gasteiger partial charge on any atom is 0.126 e. The maximum absolute atomic E-state index is 13.3. The van der Waals surface area contributed by atoms with E-state index < -0.39 is 5.82 Å². The number of hydrogen-bond donors (Lipinski definition) is 1. The smallest absolute Gasteiger partial charge is 0.126 e. The highest BCUT2D eigenvalue weighted by atomic mass is 19.1. The first-order valence-electron chi connectivity index (χ1n) is 6.39. The van der Waals surface area contributed by atoms with E-state index >= 15 is 0 Å². The molecule has 0 atom stereocenters. The summed E-state index contributed by atoms with van der Waals surface area (Å²) in [6.45, 7) is 6.25. The van der Waals surface area contributed by atoms with Crippen LogP contribution in [-0.4, -0.2) is 13.1 Å². The molecule has 0 aliphatic rings. The highest BCUT2D eigenvalue weighted by Gasteiger charge is 2.01. The van der Waals surface area contributed by atoms with Crippen LogP contribution in [0.25, 0.3) is 0 Å². The van der Waals surface area contributed by atoms with Gasteiger partial charge in [0.1, 0.15) is 11.6 Å². The monoisotopic (exact) mass is 253 g/mol. The Hall–Kier alpha value is -1.22. The van der Waals surface area contributed by atoms with Crippen molar-refractivity contribution in [3.8, 4) is 0 Å². The third-order valence-corrected chi connectivity index (χ3v) is 2.55. The molecular formula is C15H21F2N. The quantitative estimate of drug-likeness (QED) is 0.577. The van der Waals surface area contributed by atoms with E-state index in [0.717, 1.165) is 25.6 Å². The van der Waals surface area contributed by atoms with Crippen molar-refractivity contribution in [1.29, 1.82) is 0 Å². The van der Waals surface area contributed by atoms with Gasteiger partial charge in [0, 0.05) is 0 Å². The Balaban J connectivity index is 2.25. The number of nitrogens with one attached hydrogen (secondary N) is 1. The Morgan fingerprint density at radius 2 is 2.00 bits per heavy atom. The van der Waals surface area contributed by atoms with Crippen LogP contribution in [0.15, 0.2) is 30.4 Å². The van der Waals surface area contributed by atoms with Crippen LogP contribution in [0.1, 0.15) is 25.8 Å². The first-order valence-corrected chi connectivity index (χ1v) is 6.39. The molecule has 0 aliphatic carbocycles. The number of benzene rings is 1. The Kier molecular flexibility index (Phi) is 6.58. The van der Waals surface area contributed by atoms with Gasteiger partial charge in [-0.25, -0.2) is 8.78 Å². The lowest BCUT2D eigenvalue weighted by Gasteiger charge is -2.04. The number of halogens is 2. The molecule has 0 saturated heterocycles. The number of allylic oxidation sites excluding steroid dienone is 1. The molecule has 0 radical (unpaired) electrons. The molecule has 1 rings (SSSR count). The predicted octanol–water partition coefficient (Wildman–Crippen LogP) is 3.70. The molecule has 1 aromatic carbocycles. The van der Waals surface area contributed by atoms with E-state index in [1.54, 1.807) is 0 Å². The minimum atomic E-state index is -0.390. The zero-order chi connectivity index (χ0) is 13.4. The molecule has 0 aliphatic heterocycles. The summed E-state index contributed by atoms with van der Waals surface area (Å²) in [5.41, 5.74) is 0.404. The second-order valence-electron chi connectivity index (χ2n) is 4.80. The van der Waals surface area contributed by atoms with Crippen molar-refractivity contribution in [2.24, 2.45) is 5.92 Å². The van der Waals surface area contributed by atoms with Gasteiger partial charge in [0.25, 0.3) is 0 Å². The molecule has 1 N–H and O–H groups in total. The van der Waals surface area contributed by atoms with Gasteiger partial charge in [-0.3, -0.25) is 0 Å². The van der Waals surface area contributed by atoms with E-state index in [-0.39, 0.29) is 5.82 Å². The van der Waals surface area contributed by atoms with Crippen LogP contribution in [0.2, 0.25) is 0 Å². The van der Waals surface area contributed by atoms with Crippen molar-refractivity contribution in [2.75, 3.05) is 13.1 Å². The van der Waals surface area contributed by atoms with Crippen molar-refractivity contribution in [1.82, 2.24) is 5.32 Å². The maximum atomic E-state index is 13.3. The number of hydrogen-bond acceptors (Lipinski definition) is 1. The lowest BCUT2D eigenvalue weighted by atomic mass is 10.1. The summed E-state index contributed by atoms with van der Waals surface area (Å²) >= 11 is 0. The van der Waals surface area contributed by atoms with Crippen molar-refractivity contribution in [3.05, 3.63) is 47.5 Å². The number of rotatable bonds is 7. The normalized spacial score (nSPS) is 11.6. The lowest BCUT2D eigenvalue weighted by Crippen LogP contribution is -2.20. The zero-order valence-electron chi connectivity index (χ0n) is 11.0. The van der Waals surface area contributed by atoms with Crippen LogP contribution in [0.5, 0.6) is 0 Å². The van der Waals surface area contributed by atoms with Gasteiger partial charge in [-0.15, -0.1) is 0 Å². The van der Waals surface area contributed by atoms with Gasteiger partial charge in [0.15, 0.2) is 0 Å². The molecule has 0 bridgehead atoms. The SMILES string of the molecule is CC(C)CNCCC=CCc1cc(F)ccc1F. The van der Waals surface area contributed by atoms with Gasteiger partial charge in [-0.2, -0.15) is 0 Å². The van der Waals surface area contributed by atoms with Crippen molar-refractivity contribution >= 4 is 0 Å². The first kappa shape index (κ1) is 14.8. The fraction of sp³-hybridized carbons (Fsp3) is 0.467. The summed E-state index contributed by atoms with van der Waals surface area (Å²) in [6.07, 6.45) is 5.23. The molecule has 0 fully saturated rings. The highest BCUT2D eigenvalue weighted by Crippen LogP contribution is 2.10. The fourth-order valence-electron chi connectivity index (χ4n) is 1.60. The Labute approximate surface area is 108 Å². The fourth-order valence-corrected chi connectivity index (χ4v) is 1.60. The van der Waals surface area contributed by atoms with Gasteiger partial charge in [-0.1, -0.05) is 26.0 Å². The predicted molar refractivity (Wildman–Crippen MR) is 71.5 cm³/mol. The Morgan fingerprint density at radius 1 is 1.22 bits per heavy atom. The highest BCUT2D eigenvalue weighted by molar-refractivity contribution is 5.21. The largest absolute Gasteiger partial charge is 0.316 e. The van der Waals surface area contributed by atoms with E-state index in [2.05, 4.69) is 19.2 Å². The van der Waals surface area contributed by atoms with Gasteiger partial charge in [0.2, 0.25) is 0 Å². The van der Waals surface area contributed by atoms with Gasteiger partial charge < -0.3 is 5.32 Å². The van der Waals surface area contributed by atoms with Crippen molar-refractivity contribution < 1.29 is 8.78 Å². The molecule has 0 unspecified atom stereocenters. The summed E-state index contributed by atoms with van der Waals surface area (Å²) in [5, 5.41) is 3.32. The Morgan fingerprint density at radius 3 is 2.72 bits per heavy atom. The molecule has 0 saturated carbocycles. The lowest BCUT2D eigenvalue weighted by molar-refractivity contribution is 0.556. The topological polar surface area (TPSA) is 12.0 Å². The minimum absolute atomic E-state index is 0.348.